The molecule has 1 saturated heterocycles. The third-order valence-electron chi connectivity index (χ3n) is 4.60. The molecule has 1 N–H and O–H groups in total. The number of piperidine rings is 1. The van der Waals surface area contributed by atoms with Gasteiger partial charge in [0.2, 0.25) is 0 Å². The van der Waals surface area contributed by atoms with Gasteiger partial charge in [0.05, 0.1) is 18.3 Å². The number of halogens is 1. The average Bonchev–Trinajstić information content (AvgIpc) is 3.12. The maximum atomic E-state index is 13.9. The number of urea groups is 1. The Bertz CT molecular complexity index is 725. The van der Waals surface area contributed by atoms with Gasteiger partial charge in [-0.3, -0.25) is 0 Å². The highest BCUT2D eigenvalue weighted by molar-refractivity contribution is 5.74. The van der Waals surface area contributed by atoms with Crippen LogP contribution in [0.15, 0.2) is 36.7 Å². The summed E-state index contributed by atoms with van der Waals surface area (Å²) in [6.07, 6.45) is 5.32. The third-order valence-corrected chi connectivity index (χ3v) is 4.60. The van der Waals surface area contributed by atoms with Crippen molar-refractivity contribution in [2.24, 2.45) is 0 Å². The number of nitrogens with zero attached hydrogens (tertiary/aromatic N) is 3. The second-order valence-corrected chi connectivity index (χ2v) is 6.26. The summed E-state index contributed by atoms with van der Waals surface area (Å²) in [6, 6.07) is 6.14. The molecule has 0 unspecified atom stereocenters. The molecule has 1 aliphatic heterocycles. The molecule has 1 atom stereocenters. The Balaban J connectivity index is 1.61. The first kappa shape index (κ1) is 17.4. The number of carbonyl (C=O) groups is 1. The van der Waals surface area contributed by atoms with E-state index in [1.165, 1.54) is 10.7 Å². The minimum atomic E-state index is -0.338. The van der Waals surface area contributed by atoms with Gasteiger partial charge in [0, 0.05) is 32.0 Å². The van der Waals surface area contributed by atoms with Gasteiger partial charge < -0.3 is 15.0 Å². The SMILES string of the molecule is COC1CCN(C(=O)N[C@@H](C)c2cnn(-c3ccccc3F)c2)CC1. The highest BCUT2D eigenvalue weighted by atomic mass is 19.1. The summed E-state index contributed by atoms with van der Waals surface area (Å²) in [6.45, 7) is 3.26. The van der Waals surface area contributed by atoms with Gasteiger partial charge in [0.1, 0.15) is 11.5 Å². The fourth-order valence-corrected chi connectivity index (χ4v) is 2.98. The highest BCUT2D eigenvalue weighted by Gasteiger charge is 2.24. The summed E-state index contributed by atoms with van der Waals surface area (Å²) in [5, 5.41) is 7.18. The van der Waals surface area contributed by atoms with Crippen LogP contribution < -0.4 is 5.32 Å². The lowest BCUT2D eigenvalue weighted by atomic mass is 10.1. The van der Waals surface area contributed by atoms with Crippen LogP contribution >= 0.6 is 0 Å². The van der Waals surface area contributed by atoms with E-state index < -0.39 is 0 Å². The fraction of sp³-hybridized carbons (Fsp3) is 0.444. The first-order chi connectivity index (χ1) is 12.1. The molecule has 0 spiro atoms. The molecule has 25 heavy (non-hydrogen) atoms. The first-order valence-electron chi connectivity index (χ1n) is 8.46. The van der Waals surface area contributed by atoms with Crippen molar-refractivity contribution in [1.82, 2.24) is 20.0 Å². The zero-order valence-corrected chi connectivity index (χ0v) is 14.5. The molecule has 0 saturated carbocycles. The van der Waals surface area contributed by atoms with Crippen LogP contribution in [-0.2, 0) is 4.74 Å². The number of methoxy groups -OCH3 is 1. The van der Waals surface area contributed by atoms with Crippen LogP contribution in [0.1, 0.15) is 31.4 Å². The first-order valence-corrected chi connectivity index (χ1v) is 8.46. The molecule has 0 bridgehead atoms. The van der Waals surface area contributed by atoms with E-state index in [4.69, 9.17) is 4.74 Å². The van der Waals surface area contributed by atoms with Crippen LogP contribution in [0.2, 0.25) is 0 Å². The quantitative estimate of drug-likeness (QED) is 0.926. The molecular weight excluding hydrogens is 323 g/mol. The lowest BCUT2D eigenvalue weighted by molar-refractivity contribution is 0.0500. The summed E-state index contributed by atoms with van der Waals surface area (Å²) in [5.74, 6) is -0.338. The normalized spacial score (nSPS) is 16.7. The standard InChI is InChI=1S/C18H23FN4O2/c1-13(21-18(24)22-9-7-15(25-2)8-10-22)14-11-20-23(12-14)17-6-4-3-5-16(17)19/h3-6,11-13,15H,7-10H2,1-2H3,(H,21,24)/t13-/m0/s1. The molecule has 0 radical (unpaired) electrons. The lowest BCUT2D eigenvalue weighted by Crippen LogP contribution is -2.46. The third kappa shape index (κ3) is 3.99. The number of para-hydroxylation sites is 1. The second-order valence-electron chi connectivity index (χ2n) is 6.26. The van der Waals surface area contributed by atoms with Crippen LogP contribution in [0.5, 0.6) is 0 Å². The topological polar surface area (TPSA) is 59.4 Å². The van der Waals surface area contributed by atoms with Crippen LogP contribution in [0.3, 0.4) is 0 Å². The Morgan fingerprint density at radius 2 is 2.08 bits per heavy atom. The number of hydrogen-bond acceptors (Lipinski definition) is 3. The molecule has 7 heteroatoms. The predicted octanol–water partition coefficient (Wildman–Crippen LogP) is 2.89. The molecule has 3 rings (SSSR count). The second kappa shape index (κ2) is 7.65. The number of nitrogens with one attached hydrogen (secondary N) is 1. The molecule has 1 aromatic carbocycles. The minimum absolute atomic E-state index is 0.0966. The average molecular weight is 346 g/mol. The van der Waals surface area contributed by atoms with E-state index in [9.17, 15) is 9.18 Å². The zero-order valence-electron chi connectivity index (χ0n) is 14.5. The number of aromatic nitrogens is 2. The van der Waals surface area contributed by atoms with E-state index in [0.717, 1.165) is 18.4 Å². The van der Waals surface area contributed by atoms with Gasteiger partial charge in [0.25, 0.3) is 0 Å². The zero-order chi connectivity index (χ0) is 17.8. The van der Waals surface area contributed by atoms with Gasteiger partial charge in [-0.2, -0.15) is 5.10 Å². The fourth-order valence-electron chi connectivity index (χ4n) is 2.98. The van der Waals surface area contributed by atoms with Gasteiger partial charge in [0.15, 0.2) is 0 Å². The number of benzene rings is 1. The van der Waals surface area contributed by atoms with Crippen molar-refractivity contribution < 1.29 is 13.9 Å². The van der Waals surface area contributed by atoms with Gasteiger partial charge in [-0.15, -0.1) is 0 Å². The molecule has 1 aliphatic rings. The maximum Gasteiger partial charge on any atom is 0.317 e. The van der Waals surface area contributed by atoms with Crippen molar-refractivity contribution in [1.29, 1.82) is 0 Å². The Kier molecular flexibility index (Phi) is 5.33. The monoisotopic (exact) mass is 346 g/mol. The van der Waals surface area contributed by atoms with E-state index in [0.29, 0.717) is 18.8 Å². The number of likely N-dealkylation sites (tertiary alicyclic amines) is 1. The minimum Gasteiger partial charge on any atom is -0.381 e. The Hall–Kier alpha value is -2.41. The Morgan fingerprint density at radius 3 is 2.76 bits per heavy atom. The molecule has 1 aromatic heterocycles. The highest BCUT2D eigenvalue weighted by Crippen LogP contribution is 2.18. The Labute approximate surface area is 146 Å². The van der Waals surface area contributed by atoms with Gasteiger partial charge in [-0.05, 0) is 31.9 Å². The molecule has 6 nitrogen and oxygen atoms in total. The molecule has 2 amide bonds. The van der Waals surface area contributed by atoms with Crippen LogP contribution in [0.4, 0.5) is 9.18 Å². The number of hydrogen-bond donors (Lipinski definition) is 1. The summed E-state index contributed by atoms with van der Waals surface area (Å²) < 4.78 is 20.7. The lowest BCUT2D eigenvalue weighted by Gasteiger charge is -2.32. The number of carbonyl (C=O) groups excluding carboxylic acids is 1. The van der Waals surface area contributed by atoms with Crippen molar-refractivity contribution in [3.05, 3.63) is 48.0 Å². The molecule has 1 fully saturated rings. The summed E-state index contributed by atoms with van der Waals surface area (Å²) in [5.41, 5.74) is 1.21. The smallest absolute Gasteiger partial charge is 0.317 e. The largest absolute Gasteiger partial charge is 0.381 e. The van der Waals surface area contributed by atoms with Crippen molar-refractivity contribution in [3.63, 3.8) is 0 Å². The Morgan fingerprint density at radius 1 is 1.36 bits per heavy atom. The summed E-state index contributed by atoms with van der Waals surface area (Å²) in [4.78, 5) is 14.2. The van der Waals surface area contributed by atoms with Crippen molar-refractivity contribution in [2.45, 2.75) is 31.9 Å². The van der Waals surface area contributed by atoms with E-state index in [1.807, 2.05) is 6.92 Å². The predicted molar refractivity (Wildman–Crippen MR) is 92.1 cm³/mol. The number of ether oxygens (including phenoxy) is 1. The number of amides is 2. The van der Waals surface area contributed by atoms with Crippen molar-refractivity contribution >= 4 is 6.03 Å². The maximum absolute atomic E-state index is 13.9. The summed E-state index contributed by atoms with van der Waals surface area (Å²) >= 11 is 0. The van der Waals surface area contributed by atoms with Gasteiger partial charge in [-0.1, -0.05) is 12.1 Å². The van der Waals surface area contributed by atoms with Gasteiger partial charge in [-0.25, -0.2) is 13.9 Å². The van der Waals surface area contributed by atoms with Crippen molar-refractivity contribution in [3.8, 4) is 5.69 Å². The van der Waals surface area contributed by atoms with E-state index in [1.54, 1.807) is 42.6 Å². The number of rotatable bonds is 4. The van der Waals surface area contributed by atoms with Crippen LogP contribution in [0, 0.1) is 5.82 Å². The molecular formula is C18H23FN4O2. The van der Waals surface area contributed by atoms with Crippen LogP contribution in [0.25, 0.3) is 5.69 Å². The van der Waals surface area contributed by atoms with Crippen LogP contribution in [-0.4, -0.2) is 47.0 Å². The summed E-state index contributed by atoms with van der Waals surface area (Å²) in [7, 11) is 1.70. The van der Waals surface area contributed by atoms with E-state index in [-0.39, 0.29) is 24.0 Å². The van der Waals surface area contributed by atoms with Gasteiger partial charge >= 0.3 is 6.03 Å². The molecule has 134 valence electrons. The molecule has 2 heterocycles. The molecule has 2 aromatic rings. The van der Waals surface area contributed by atoms with Crippen molar-refractivity contribution in [2.75, 3.05) is 20.2 Å². The molecule has 0 aliphatic carbocycles. The van der Waals surface area contributed by atoms with E-state index in [2.05, 4.69) is 10.4 Å². The van der Waals surface area contributed by atoms with E-state index >= 15 is 0 Å².